The Kier molecular flexibility index (Phi) is 6.79. The number of hydrogen-bond acceptors (Lipinski definition) is 6. The number of nitrogens with zero attached hydrogens (tertiary/aromatic N) is 1. The second kappa shape index (κ2) is 8.87. The smallest absolute Gasteiger partial charge is 0.416 e. The van der Waals surface area contributed by atoms with E-state index in [-0.39, 0.29) is 15.8 Å². The first kappa shape index (κ1) is 21.4. The summed E-state index contributed by atoms with van der Waals surface area (Å²) in [7, 11) is 1.16. The van der Waals surface area contributed by atoms with E-state index in [0.29, 0.717) is 5.56 Å². The molecule has 0 spiro atoms. The molecule has 0 saturated carbocycles. The van der Waals surface area contributed by atoms with Crippen LogP contribution in [0.4, 0.5) is 13.2 Å². The van der Waals surface area contributed by atoms with Crippen LogP contribution in [0, 0.1) is 0 Å². The second-order valence-electron chi connectivity index (χ2n) is 5.43. The van der Waals surface area contributed by atoms with E-state index >= 15 is 0 Å². The molecule has 0 amide bonds. The number of benzene rings is 1. The largest absolute Gasteiger partial charge is 0.468 e. The maximum atomic E-state index is 12.7. The number of halogens is 3. The SMILES string of the molecule is CCOC(=O)/C=c1\s/c(=C\c2ccc(C(F)(F)F)cc2)c(=O)n1CC(=O)OC. The highest BCUT2D eigenvalue weighted by Gasteiger charge is 2.29. The van der Waals surface area contributed by atoms with Crippen molar-refractivity contribution in [2.24, 2.45) is 0 Å². The summed E-state index contributed by atoms with van der Waals surface area (Å²) in [6, 6.07) is 4.25. The molecule has 2 rings (SSSR count). The van der Waals surface area contributed by atoms with Gasteiger partial charge in [-0.2, -0.15) is 13.2 Å². The number of thiazole rings is 1. The summed E-state index contributed by atoms with van der Waals surface area (Å²) >= 11 is 0.906. The lowest BCUT2D eigenvalue weighted by Crippen LogP contribution is -2.34. The average molecular weight is 415 g/mol. The van der Waals surface area contributed by atoms with E-state index in [1.807, 2.05) is 0 Å². The van der Waals surface area contributed by atoms with Crippen molar-refractivity contribution in [3.63, 3.8) is 0 Å². The van der Waals surface area contributed by atoms with Gasteiger partial charge in [0.1, 0.15) is 11.2 Å². The van der Waals surface area contributed by atoms with Gasteiger partial charge in [0.2, 0.25) is 0 Å². The highest BCUT2D eigenvalue weighted by atomic mass is 32.1. The lowest BCUT2D eigenvalue weighted by atomic mass is 10.1. The van der Waals surface area contributed by atoms with Crippen LogP contribution in [-0.2, 0) is 31.8 Å². The van der Waals surface area contributed by atoms with Gasteiger partial charge in [-0.05, 0) is 30.7 Å². The third-order valence-electron chi connectivity index (χ3n) is 3.52. The number of alkyl halides is 3. The van der Waals surface area contributed by atoms with Crippen molar-refractivity contribution >= 4 is 35.4 Å². The minimum Gasteiger partial charge on any atom is -0.468 e. The van der Waals surface area contributed by atoms with Crippen molar-refractivity contribution < 1.29 is 32.2 Å². The van der Waals surface area contributed by atoms with E-state index in [9.17, 15) is 27.6 Å². The minimum atomic E-state index is -4.46. The number of ether oxygens (including phenoxy) is 2. The summed E-state index contributed by atoms with van der Waals surface area (Å²) in [6.45, 7) is 1.33. The van der Waals surface area contributed by atoms with Gasteiger partial charge in [-0.25, -0.2) is 4.79 Å². The van der Waals surface area contributed by atoms with Gasteiger partial charge in [-0.3, -0.25) is 14.2 Å². The Labute approximate surface area is 161 Å². The fraction of sp³-hybridized carbons (Fsp3) is 0.278. The van der Waals surface area contributed by atoms with E-state index < -0.39 is 35.8 Å². The number of carbonyl (C=O) groups is 2. The van der Waals surface area contributed by atoms with Crippen LogP contribution in [0.25, 0.3) is 12.2 Å². The lowest BCUT2D eigenvalue weighted by molar-refractivity contribution is -0.141. The summed E-state index contributed by atoms with van der Waals surface area (Å²) in [5.74, 6) is -1.39. The van der Waals surface area contributed by atoms with Crippen molar-refractivity contribution in [1.29, 1.82) is 0 Å². The zero-order chi connectivity index (χ0) is 20.9. The molecule has 6 nitrogen and oxygen atoms in total. The number of rotatable bonds is 5. The average Bonchev–Trinajstić information content (AvgIpc) is 2.90. The van der Waals surface area contributed by atoms with E-state index in [2.05, 4.69) is 4.74 Å². The van der Waals surface area contributed by atoms with Crippen LogP contribution in [0.1, 0.15) is 18.1 Å². The third kappa shape index (κ3) is 5.32. The molecule has 1 aromatic carbocycles. The summed E-state index contributed by atoms with van der Waals surface area (Å²) < 4.78 is 48.7. The molecule has 150 valence electrons. The lowest BCUT2D eigenvalue weighted by Gasteiger charge is -2.05. The zero-order valence-electron chi connectivity index (χ0n) is 14.9. The predicted molar refractivity (Wildman–Crippen MR) is 96.0 cm³/mol. The van der Waals surface area contributed by atoms with E-state index in [0.717, 1.165) is 41.2 Å². The molecule has 1 heterocycles. The zero-order valence-corrected chi connectivity index (χ0v) is 15.7. The summed E-state index contributed by atoms with van der Waals surface area (Å²) in [6.07, 6.45) is -2.01. The molecule has 2 aromatic rings. The molecule has 0 radical (unpaired) electrons. The van der Waals surface area contributed by atoms with Crippen LogP contribution in [0.2, 0.25) is 0 Å². The summed E-state index contributed by atoms with van der Waals surface area (Å²) in [5.41, 5.74) is -1.03. The molecule has 0 unspecified atom stereocenters. The molecule has 0 aliphatic rings. The van der Waals surface area contributed by atoms with Crippen molar-refractivity contribution in [1.82, 2.24) is 4.57 Å². The highest BCUT2D eigenvalue weighted by Crippen LogP contribution is 2.29. The Balaban J connectivity index is 2.55. The number of methoxy groups -OCH3 is 1. The Morgan fingerprint density at radius 3 is 2.39 bits per heavy atom. The number of aromatic nitrogens is 1. The molecule has 0 fully saturated rings. The van der Waals surface area contributed by atoms with Crippen LogP contribution < -0.4 is 14.8 Å². The van der Waals surface area contributed by atoms with Crippen LogP contribution in [0.3, 0.4) is 0 Å². The molecule has 28 heavy (non-hydrogen) atoms. The normalized spacial score (nSPS) is 12.9. The molecule has 0 N–H and O–H groups in total. The number of carbonyl (C=O) groups excluding carboxylic acids is 2. The Bertz CT molecular complexity index is 1040. The summed E-state index contributed by atoms with van der Waals surface area (Å²) in [5, 5.41) is 0. The summed E-state index contributed by atoms with van der Waals surface area (Å²) in [4.78, 5) is 35.9. The Hall–Kier alpha value is -2.88. The monoisotopic (exact) mass is 415 g/mol. The first-order valence-corrected chi connectivity index (χ1v) is 8.81. The van der Waals surface area contributed by atoms with E-state index in [1.54, 1.807) is 6.92 Å². The van der Waals surface area contributed by atoms with Gasteiger partial charge in [0.25, 0.3) is 5.56 Å². The van der Waals surface area contributed by atoms with Gasteiger partial charge >= 0.3 is 18.1 Å². The van der Waals surface area contributed by atoms with Gasteiger partial charge < -0.3 is 9.47 Å². The van der Waals surface area contributed by atoms with Crippen molar-refractivity contribution in [3.05, 3.63) is 54.9 Å². The molecule has 0 aliphatic carbocycles. The van der Waals surface area contributed by atoms with E-state index in [1.165, 1.54) is 18.2 Å². The number of hydrogen-bond donors (Lipinski definition) is 0. The quantitative estimate of drug-likeness (QED) is 0.688. The maximum Gasteiger partial charge on any atom is 0.416 e. The predicted octanol–water partition coefficient (Wildman–Crippen LogP) is 1.27. The van der Waals surface area contributed by atoms with Crippen molar-refractivity contribution in [3.8, 4) is 0 Å². The van der Waals surface area contributed by atoms with Crippen LogP contribution in [0.15, 0.2) is 29.1 Å². The molecular weight excluding hydrogens is 399 g/mol. The fourth-order valence-electron chi connectivity index (χ4n) is 2.19. The first-order valence-electron chi connectivity index (χ1n) is 7.99. The van der Waals surface area contributed by atoms with Crippen molar-refractivity contribution in [2.45, 2.75) is 19.6 Å². The van der Waals surface area contributed by atoms with Gasteiger partial charge in [0.05, 0.1) is 29.9 Å². The van der Waals surface area contributed by atoms with Crippen molar-refractivity contribution in [2.75, 3.05) is 13.7 Å². The Morgan fingerprint density at radius 2 is 1.86 bits per heavy atom. The topological polar surface area (TPSA) is 74.6 Å². The third-order valence-corrected chi connectivity index (χ3v) is 4.57. The van der Waals surface area contributed by atoms with Crippen LogP contribution in [0.5, 0.6) is 0 Å². The maximum absolute atomic E-state index is 12.7. The minimum absolute atomic E-state index is 0.131. The van der Waals surface area contributed by atoms with Gasteiger partial charge in [-0.15, -0.1) is 11.3 Å². The first-order chi connectivity index (χ1) is 13.2. The molecule has 0 aliphatic heterocycles. The van der Waals surface area contributed by atoms with Crippen LogP contribution in [-0.4, -0.2) is 30.2 Å². The van der Waals surface area contributed by atoms with Gasteiger partial charge in [0.15, 0.2) is 0 Å². The molecule has 0 saturated heterocycles. The molecule has 10 heteroatoms. The molecule has 0 bridgehead atoms. The molecular formula is C18H16F3NO5S. The standard InChI is InChI=1S/C18H16F3NO5S/c1-3-27-15(23)9-14-22(10-16(24)26-2)17(25)13(28-14)8-11-4-6-12(7-5-11)18(19,20)21/h4-9H,3,10H2,1-2H3/b13-8-,14-9-. The number of esters is 2. The molecule has 1 aromatic heterocycles. The molecule has 0 atom stereocenters. The Morgan fingerprint density at radius 1 is 1.21 bits per heavy atom. The van der Waals surface area contributed by atoms with Gasteiger partial charge in [0, 0.05) is 0 Å². The van der Waals surface area contributed by atoms with Gasteiger partial charge in [-0.1, -0.05) is 12.1 Å². The van der Waals surface area contributed by atoms with E-state index in [4.69, 9.17) is 4.74 Å². The fourth-order valence-corrected chi connectivity index (χ4v) is 3.22. The second-order valence-corrected chi connectivity index (χ2v) is 6.49. The van der Waals surface area contributed by atoms with Crippen LogP contribution >= 0.6 is 11.3 Å². The highest BCUT2D eigenvalue weighted by molar-refractivity contribution is 7.07.